The first-order valence-corrected chi connectivity index (χ1v) is 8.99. The number of nitro benzene ring substituents is 1. The summed E-state index contributed by atoms with van der Waals surface area (Å²) in [4.78, 5) is 19.9. The fraction of sp³-hybridized carbons (Fsp3) is 0. The van der Waals surface area contributed by atoms with Crippen LogP contribution >= 0.6 is 0 Å². The van der Waals surface area contributed by atoms with Crippen LogP contribution in [-0.2, 0) is 0 Å². The molecule has 0 saturated heterocycles. The van der Waals surface area contributed by atoms with Gasteiger partial charge in [0.1, 0.15) is 11.6 Å². The molecule has 5 aromatic rings. The molecule has 0 saturated carbocycles. The van der Waals surface area contributed by atoms with Gasteiger partial charge >= 0.3 is 0 Å². The maximum Gasteiger partial charge on any atom is 0.270 e. The highest BCUT2D eigenvalue weighted by molar-refractivity contribution is 5.94. The Kier molecular flexibility index (Phi) is 4.06. The van der Waals surface area contributed by atoms with Crippen molar-refractivity contribution in [3.8, 4) is 11.4 Å². The van der Waals surface area contributed by atoms with E-state index in [-0.39, 0.29) is 11.5 Å². The molecular weight excluding hydrogens is 387 g/mol. The summed E-state index contributed by atoms with van der Waals surface area (Å²) >= 11 is 0. The number of anilines is 2. The zero-order valence-corrected chi connectivity index (χ0v) is 15.3. The lowest BCUT2D eigenvalue weighted by molar-refractivity contribution is -0.384. The molecule has 9 heteroatoms. The number of aromatic amines is 1. The maximum absolute atomic E-state index is 13.3. The predicted octanol–water partition coefficient (Wildman–Crippen LogP) is 4.96. The van der Waals surface area contributed by atoms with Gasteiger partial charge in [-0.3, -0.25) is 15.2 Å². The Bertz CT molecular complexity index is 1410. The van der Waals surface area contributed by atoms with Gasteiger partial charge in [0.15, 0.2) is 5.82 Å². The highest BCUT2D eigenvalue weighted by atomic mass is 19.1. The van der Waals surface area contributed by atoms with E-state index in [1.165, 1.54) is 24.3 Å². The van der Waals surface area contributed by atoms with Crippen molar-refractivity contribution >= 4 is 39.0 Å². The van der Waals surface area contributed by atoms with Crippen LogP contribution in [0.15, 0.2) is 66.9 Å². The standard InChI is InChI=1S/C21H13FN6O2/c22-14-3-1-12(2-4-14)20-25-19-8-6-16(28(29)30)10-17(19)21(26-20)24-15-5-7-18-13(9-15)11-23-27-18/h1-11H,(H,23,27)(H,24,25,26). The number of H-pyrrole nitrogens is 1. The summed E-state index contributed by atoms with van der Waals surface area (Å²) in [5.41, 5.74) is 2.72. The number of nitrogens with one attached hydrogen (secondary N) is 2. The summed E-state index contributed by atoms with van der Waals surface area (Å²) < 4.78 is 13.3. The van der Waals surface area contributed by atoms with Crippen LogP contribution < -0.4 is 5.32 Å². The van der Waals surface area contributed by atoms with E-state index in [9.17, 15) is 14.5 Å². The van der Waals surface area contributed by atoms with Gasteiger partial charge in [0, 0.05) is 34.2 Å². The lowest BCUT2D eigenvalue weighted by atomic mass is 10.1. The summed E-state index contributed by atoms with van der Waals surface area (Å²) in [6.07, 6.45) is 1.70. The van der Waals surface area contributed by atoms with Crippen LogP contribution in [0.25, 0.3) is 33.2 Å². The minimum absolute atomic E-state index is 0.0611. The number of aromatic nitrogens is 4. The van der Waals surface area contributed by atoms with Gasteiger partial charge < -0.3 is 5.32 Å². The third-order valence-electron chi connectivity index (χ3n) is 4.70. The van der Waals surface area contributed by atoms with Crippen LogP contribution in [0.1, 0.15) is 0 Å². The summed E-state index contributed by atoms with van der Waals surface area (Å²) in [6.45, 7) is 0. The van der Waals surface area contributed by atoms with Gasteiger partial charge in [-0.2, -0.15) is 5.10 Å². The van der Waals surface area contributed by atoms with E-state index >= 15 is 0 Å². The zero-order valence-electron chi connectivity index (χ0n) is 15.3. The van der Waals surface area contributed by atoms with Crippen molar-refractivity contribution in [2.75, 3.05) is 5.32 Å². The van der Waals surface area contributed by atoms with Gasteiger partial charge in [-0.1, -0.05) is 0 Å². The van der Waals surface area contributed by atoms with Crippen LogP contribution in [0.4, 0.5) is 21.6 Å². The number of fused-ring (bicyclic) bond motifs is 2. The molecule has 30 heavy (non-hydrogen) atoms. The van der Waals surface area contributed by atoms with Crippen molar-refractivity contribution in [1.82, 2.24) is 20.2 Å². The van der Waals surface area contributed by atoms with Gasteiger partial charge in [-0.25, -0.2) is 14.4 Å². The molecule has 0 aliphatic rings. The molecule has 2 aromatic heterocycles. The first kappa shape index (κ1) is 17.7. The van der Waals surface area contributed by atoms with Crippen LogP contribution in [0.5, 0.6) is 0 Å². The van der Waals surface area contributed by atoms with Crippen molar-refractivity contribution in [3.63, 3.8) is 0 Å². The van der Waals surface area contributed by atoms with Gasteiger partial charge in [-0.15, -0.1) is 0 Å². The molecule has 2 heterocycles. The lowest BCUT2D eigenvalue weighted by Crippen LogP contribution is -2.00. The highest BCUT2D eigenvalue weighted by Gasteiger charge is 2.14. The molecule has 3 aromatic carbocycles. The zero-order chi connectivity index (χ0) is 20.7. The highest BCUT2D eigenvalue weighted by Crippen LogP contribution is 2.30. The van der Waals surface area contributed by atoms with Crippen LogP contribution in [0, 0.1) is 15.9 Å². The molecule has 0 aliphatic carbocycles. The second-order valence-corrected chi connectivity index (χ2v) is 6.66. The van der Waals surface area contributed by atoms with Gasteiger partial charge in [0.2, 0.25) is 0 Å². The smallest absolute Gasteiger partial charge is 0.270 e. The Hall–Kier alpha value is -4.40. The van der Waals surface area contributed by atoms with Crippen molar-refractivity contribution in [3.05, 3.63) is 82.8 Å². The average molecular weight is 400 g/mol. The molecule has 0 atom stereocenters. The monoisotopic (exact) mass is 400 g/mol. The van der Waals surface area contributed by atoms with Crippen LogP contribution in [0.2, 0.25) is 0 Å². The molecule has 2 N–H and O–H groups in total. The van der Waals surface area contributed by atoms with Crippen molar-refractivity contribution in [1.29, 1.82) is 0 Å². The molecule has 0 fully saturated rings. The molecule has 0 aliphatic heterocycles. The fourth-order valence-electron chi connectivity index (χ4n) is 3.21. The first-order valence-electron chi connectivity index (χ1n) is 8.99. The number of hydrogen-bond donors (Lipinski definition) is 2. The Morgan fingerprint density at radius 2 is 1.83 bits per heavy atom. The third-order valence-corrected chi connectivity index (χ3v) is 4.70. The molecule has 0 unspecified atom stereocenters. The number of halogens is 1. The van der Waals surface area contributed by atoms with Crippen molar-refractivity contribution in [2.45, 2.75) is 0 Å². The second-order valence-electron chi connectivity index (χ2n) is 6.66. The molecule has 0 amide bonds. The SMILES string of the molecule is O=[N+]([O-])c1ccc2nc(-c3ccc(F)cc3)nc(Nc3ccc4[nH]ncc4c3)c2c1. The number of benzene rings is 3. The molecular formula is C21H13FN6O2. The van der Waals surface area contributed by atoms with E-state index in [0.29, 0.717) is 28.1 Å². The molecule has 8 nitrogen and oxygen atoms in total. The molecule has 0 spiro atoms. The number of rotatable bonds is 4. The van der Waals surface area contributed by atoms with E-state index in [4.69, 9.17) is 0 Å². The Labute approximate surface area is 168 Å². The average Bonchev–Trinajstić information content (AvgIpc) is 3.21. The number of hydrogen-bond acceptors (Lipinski definition) is 6. The van der Waals surface area contributed by atoms with Gasteiger partial charge in [-0.05, 0) is 48.5 Å². The number of nitro groups is 1. The summed E-state index contributed by atoms with van der Waals surface area (Å²) in [7, 11) is 0. The first-order chi connectivity index (χ1) is 14.6. The number of nitrogens with zero attached hydrogens (tertiary/aromatic N) is 4. The summed E-state index contributed by atoms with van der Waals surface area (Å²) in [5.74, 6) is 0.427. The number of non-ortho nitro benzene ring substituents is 1. The fourth-order valence-corrected chi connectivity index (χ4v) is 3.21. The van der Waals surface area contributed by atoms with E-state index in [2.05, 4.69) is 25.5 Å². The summed E-state index contributed by atoms with van der Waals surface area (Å²) in [5, 5.41) is 22.8. The summed E-state index contributed by atoms with van der Waals surface area (Å²) in [6, 6.07) is 15.9. The predicted molar refractivity (Wildman–Crippen MR) is 111 cm³/mol. The molecule has 0 bridgehead atoms. The Morgan fingerprint density at radius 3 is 2.63 bits per heavy atom. The van der Waals surface area contributed by atoms with Crippen molar-refractivity contribution < 1.29 is 9.31 Å². The van der Waals surface area contributed by atoms with Crippen molar-refractivity contribution in [2.24, 2.45) is 0 Å². The van der Waals surface area contributed by atoms with E-state index in [1.54, 1.807) is 24.4 Å². The molecule has 0 radical (unpaired) electrons. The van der Waals surface area contributed by atoms with Gasteiger partial charge in [0.25, 0.3) is 5.69 Å². The Morgan fingerprint density at radius 1 is 1.00 bits per heavy atom. The molecule has 146 valence electrons. The van der Waals surface area contributed by atoms with Crippen LogP contribution in [0.3, 0.4) is 0 Å². The topological polar surface area (TPSA) is 110 Å². The molecule has 5 rings (SSSR count). The Balaban J connectivity index is 1.68. The van der Waals surface area contributed by atoms with E-state index in [0.717, 1.165) is 16.6 Å². The van der Waals surface area contributed by atoms with E-state index in [1.807, 2.05) is 18.2 Å². The second kappa shape index (κ2) is 6.89. The van der Waals surface area contributed by atoms with Crippen LogP contribution in [-0.4, -0.2) is 25.1 Å². The van der Waals surface area contributed by atoms with E-state index < -0.39 is 4.92 Å². The minimum Gasteiger partial charge on any atom is -0.340 e. The minimum atomic E-state index is -0.464. The largest absolute Gasteiger partial charge is 0.340 e. The maximum atomic E-state index is 13.3. The lowest BCUT2D eigenvalue weighted by Gasteiger charge is -2.11. The quantitative estimate of drug-likeness (QED) is 0.326. The normalized spacial score (nSPS) is 11.1. The van der Waals surface area contributed by atoms with Gasteiger partial charge in [0.05, 0.1) is 22.2 Å². The third kappa shape index (κ3) is 3.18.